The van der Waals surface area contributed by atoms with Crippen LogP contribution >= 0.6 is 0 Å². The molecule has 1 aromatic rings. The lowest BCUT2D eigenvalue weighted by Crippen LogP contribution is -2.43. The number of hydrogen-bond acceptors (Lipinski definition) is 5. The molecule has 1 saturated heterocycles. The summed E-state index contributed by atoms with van der Waals surface area (Å²) in [5, 5.41) is 8.52. The first-order valence-electron chi connectivity index (χ1n) is 6.65. The molecule has 1 heterocycles. The molecule has 0 radical (unpaired) electrons. The van der Waals surface area contributed by atoms with Crippen LogP contribution in [0.5, 0.6) is 0 Å². The van der Waals surface area contributed by atoms with Gasteiger partial charge in [0.05, 0.1) is 11.4 Å². The first-order chi connectivity index (χ1) is 9.29. The van der Waals surface area contributed by atoms with Gasteiger partial charge in [-0.3, -0.25) is 0 Å². The van der Waals surface area contributed by atoms with E-state index < -0.39 is 10.0 Å². The summed E-state index contributed by atoms with van der Waals surface area (Å²) >= 11 is 0. The lowest BCUT2D eigenvalue weighted by Gasteiger charge is -2.36. The van der Waals surface area contributed by atoms with Crippen LogP contribution in [-0.4, -0.2) is 39.5 Å². The van der Waals surface area contributed by atoms with Crippen LogP contribution in [0.25, 0.3) is 0 Å². The van der Waals surface area contributed by atoms with Gasteiger partial charge in [0.1, 0.15) is 4.90 Å². The Hall–Kier alpha value is -1.31. The second kappa shape index (κ2) is 5.59. The van der Waals surface area contributed by atoms with Crippen LogP contribution in [0.3, 0.4) is 0 Å². The van der Waals surface area contributed by atoms with Gasteiger partial charge >= 0.3 is 0 Å². The predicted molar refractivity (Wildman–Crippen MR) is 80.9 cm³/mol. The predicted octanol–water partition coefficient (Wildman–Crippen LogP) is 0.668. The molecule has 2 atom stereocenters. The molecule has 7 heteroatoms. The second-order valence-corrected chi connectivity index (χ2v) is 7.07. The number of primary sulfonamides is 1. The van der Waals surface area contributed by atoms with Gasteiger partial charge in [0.25, 0.3) is 0 Å². The third-order valence-electron chi connectivity index (χ3n) is 3.82. The second-order valence-electron chi connectivity index (χ2n) is 5.54. The zero-order valence-corrected chi connectivity index (χ0v) is 12.7. The number of nitrogens with two attached hydrogens (primary N) is 2. The minimum Gasteiger partial charge on any atom is -0.396 e. The summed E-state index contributed by atoms with van der Waals surface area (Å²) in [4.78, 5) is 2.26. The van der Waals surface area contributed by atoms with Gasteiger partial charge in [0, 0.05) is 12.6 Å². The number of para-hydroxylation sites is 1. The van der Waals surface area contributed by atoms with Crippen molar-refractivity contribution in [2.24, 2.45) is 11.1 Å². The van der Waals surface area contributed by atoms with Crippen molar-refractivity contribution in [3.05, 3.63) is 18.2 Å². The van der Waals surface area contributed by atoms with Gasteiger partial charge in [-0.05, 0) is 38.1 Å². The van der Waals surface area contributed by atoms with Crippen LogP contribution < -0.4 is 16.2 Å². The Morgan fingerprint density at radius 1 is 1.40 bits per heavy atom. The standard InChI is InChI=1S/C13H22N4O2S/c1-9-8-17(2)7-6-10(9)16-11-4-3-5-12(13(11)14)20(15,18)19/h3-5,9-10,16H,6-8,14H2,1-2H3,(H2,15,18,19). The smallest absolute Gasteiger partial charge is 0.240 e. The van der Waals surface area contributed by atoms with E-state index in [0.29, 0.717) is 11.6 Å². The molecule has 1 fully saturated rings. The Bertz CT molecular complexity index is 588. The number of nitrogens with zero attached hydrogens (tertiary/aromatic N) is 1. The zero-order valence-electron chi connectivity index (χ0n) is 11.8. The number of piperidine rings is 1. The van der Waals surface area contributed by atoms with Gasteiger partial charge in [0.2, 0.25) is 10.0 Å². The molecule has 2 unspecified atom stereocenters. The molecule has 112 valence electrons. The van der Waals surface area contributed by atoms with Crippen LogP contribution in [0.15, 0.2) is 23.1 Å². The average Bonchev–Trinajstić information content (AvgIpc) is 2.33. The summed E-state index contributed by atoms with van der Waals surface area (Å²) < 4.78 is 22.9. The Labute approximate surface area is 120 Å². The molecule has 5 N–H and O–H groups in total. The summed E-state index contributed by atoms with van der Waals surface area (Å²) in [7, 11) is -1.69. The monoisotopic (exact) mass is 298 g/mol. The van der Waals surface area contributed by atoms with Gasteiger partial charge in [0.15, 0.2) is 0 Å². The maximum absolute atomic E-state index is 11.5. The van der Waals surface area contributed by atoms with Crippen molar-refractivity contribution < 1.29 is 8.42 Å². The summed E-state index contributed by atoms with van der Waals surface area (Å²) in [6.07, 6.45) is 0.997. The van der Waals surface area contributed by atoms with E-state index in [1.807, 2.05) is 0 Å². The number of nitrogens with one attached hydrogen (secondary N) is 1. The molecule has 1 aliphatic heterocycles. The topological polar surface area (TPSA) is 101 Å². The largest absolute Gasteiger partial charge is 0.396 e. The van der Waals surface area contributed by atoms with E-state index >= 15 is 0 Å². The van der Waals surface area contributed by atoms with Crippen LogP contribution in [0, 0.1) is 5.92 Å². The molecule has 2 rings (SSSR count). The van der Waals surface area contributed by atoms with Gasteiger partial charge < -0.3 is 16.0 Å². The molecular formula is C13H22N4O2S. The van der Waals surface area contributed by atoms with E-state index in [4.69, 9.17) is 10.9 Å². The van der Waals surface area contributed by atoms with E-state index in [0.717, 1.165) is 19.5 Å². The molecule has 1 aromatic carbocycles. The number of likely N-dealkylation sites (tertiary alicyclic amines) is 1. The van der Waals surface area contributed by atoms with Crippen LogP contribution in [0.2, 0.25) is 0 Å². The van der Waals surface area contributed by atoms with Gasteiger partial charge in [-0.25, -0.2) is 13.6 Å². The molecule has 0 saturated carbocycles. The highest BCUT2D eigenvalue weighted by Crippen LogP contribution is 2.28. The molecule has 20 heavy (non-hydrogen) atoms. The maximum Gasteiger partial charge on any atom is 0.240 e. The normalized spacial score (nSPS) is 24.6. The van der Waals surface area contributed by atoms with Gasteiger partial charge in [-0.15, -0.1) is 0 Å². The lowest BCUT2D eigenvalue weighted by molar-refractivity contribution is 0.206. The summed E-state index contributed by atoms with van der Waals surface area (Å²) in [6.45, 7) is 4.19. The molecule has 0 bridgehead atoms. The van der Waals surface area contributed by atoms with Gasteiger partial charge in [-0.1, -0.05) is 13.0 Å². The van der Waals surface area contributed by atoms with Crippen molar-refractivity contribution in [3.8, 4) is 0 Å². The van der Waals surface area contributed by atoms with Gasteiger partial charge in [-0.2, -0.15) is 0 Å². The van der Waals surface area contributed by atoms with E-state index in [9.17, 15) is 8.42 Å². The minimum absolute atomic E-state index is 0.0249. The van der Waals surface area contributed by atoms with Crippen LogP contribution in [0.1, 0.15) is 13.3 Å². The Morgan fingerprint density at radius 2 is 2.10 bits per heavy atom. The van der Waals surface area contributed by atoms with Crippen molar-refractivity contribution >= 4 is 21.4 Å². The number of rotatable bonds is 3. The maximum atomic E-state index is 11.5. The zero-order chi connectivity index (χ0) is 14.9. The van der Waals surface area contributed by atoms with Crippen molar-refractivity contribution in [1.82, 2.24) is 4.90 Å². The highest BCUT2D eigenvalue weighted by atomic mass is 32.2. The quantitative estimate of drug-likeness (QED) is 0.712. The third-order valence-corrected chi connectivity index (χ3v) is 4.79. The fourth-order valence-electron chi connectivity index (χ4n) is 2.69. The highest BCUT2D eigenvalue weighted by molar-refractivity contribution is 7.89. The number of nitrogen functional groups attached to an aromatic ring is 1. The number of sulfonamides is 1. The average molecular weight is 298 g/mol. The molecule has 0 amide bonds. The molecule has 1 aliphatic rings. The van der Waals surface area contributed by atoms with Crippen LogP contribution in [0.4, 0.5) is 11.4 Å². The lowest BCUT2D eigenvalue weighted by atomic mass is 9.94. The fourth-order valence-corrected chi connectivity index (χ4v) is 3.37. The molecule has 0 spiro atoms. The summed E-state index contributed by atoms with van der Waals surface area (Å²) in [6, 6.07) is 5.14. The summed E-state index contributed by atoms with van der Waals surface area (Å²) in [5.41, 5.74) is 6.76. The van der Waals surface area contributed by atoms with Crippen molar-refractivity contribution in [3.63, 3.8) is 0 Å². The Balaban J connectivity index is 2.22. The Kier molecular flexibility index (Phi) is 4.22. The highest BCUT2D eigenvalue weighted by Gasteiger charge is 2.25. The molecule has 6 nitrogen and oxygen atoms in total. The minimum atomic E-state index is -3.79. The van der Waals surface area contributed by atoms with E-state index in [-0.39, 0.29) is 16.6 Å². The van der Waals surface area contributed by atoms with Crippen LogP contribution in [-0.2, 0) is 10.0 Å². The molecule has 0 aromatic heterocycles. The first-order valence-corrected chi connectivity index (χ1v) is 8.20. The molecule has 0 aliphatic carbocycles. The van der Waals surface area contributed by atoms with E-state index in [1.165, 1.54) is 6.07 Å². The van der Waals surface area contributed by atoms with E-state index in [1.54, 1.807) is 12.1 Å². The molecular weight excluding hydrogens is 276 g/mol. The number of hydrogen-bond donors (Lipinski definition) is 3. The van der Waals surface area contributed by atoms with Crippen molar-refractivity contribution in [2.45, 2.75) is 24.3 Å². The fraction of sp³-hybridized carbons (Fsp3) is 0.538. The summed E-state index contributed by atoms with van der Waals surface area (Å²) in [5.74, 6) is 0.464. The van der Waals surface area contributed by atoms with E-state index in [2.05, 4.69) is 24.2 Å². The first kappa shape index (κ1) is 15.1. The SMILES string of the molecule is CC1CN(C)CCC1Nc1cccc(S(N)(=O)=O)c1N. The third kappa shape index (κ3) is 3.23. The van der Waals surface area contributed by atoms with Crippen molar-refractivity contribution in [1.29, 1.82) is 0 Å². The number of anilines is 2. The van der Waals surface area contributed by atoms with Crippen molar-refractivity contribution in [2.75, 3.05) is 31.2 Å². The number of benzene rings is 1. The Morgan fingerprint density at radius 3 is 2.70 bits per heavy atom.